The van der Waals surface area contributed by atoms with Gasteiger partial charge in [-0.1, -0.05) is 73.2 Å². The number of benzene rings is 2. The van der Waals surface area contributed by atoms with Crippen LogP contribution in [0.4, 0.5) is 0 Å². The van der Waals surface area contributed by atoms with E-state index in [4.69, 9.17) is 11.6 Å². The molecule has 22 heavy (non-hydrogen) atoms. The second-order valence-corrected chi connectivity index (χ2v) is 6.00. The molecule has 0 aliphatic rings. The van der Waals surface area contributed by atoms with Gasteiger partial charge < -0.3 is 5.11 Å². The molecular weight excluding hydrogens is 292 g/mol. The third-order valence-electron chi connectivity index (χ3n) is 3.61. The lowest BCUT2D eigenvalue weighted by Gasteiger charge is -2.17. The molecule has 0 bridgehead atoms. The molecule has 1 unspecified atom stereocenters. The van der Waals surface area contributed by atoms with E-state index in [0.717, 1.165) is 41.0 Å². The van der Waals surface area contributed by atoms with E-state index < -0.39 is 5.60 Å². The molecule has 1 nitrogen and oxygen atoms in total. The molecule has 0 spiro atoms. The Bertz CT molecular complexity index is 658. The van der Waals surface area contributed by atoms with Gasteiger partial charge in [-0.15, -0.1) is 0 Å². The van der Waals surface area contributed by atoms with Crippen LogP contribution in [-0.4, -0.2) is 5.11 Å². The lowest BCUT2D eigenvalue weighted by atomic mass is 9.94. The van der Waals surface area contributed by atoms with E-state index >= 15 is 0 Å². The van der Waals surface area contributed by atoms with Crippen molar-refractivity contribution in [2.24, 2.45) is 0 Å². The zero-order chi connectivity index (χ0) is 16.0. The number of rotatable bonds is 4. The standard InChI is InChI=1S/C20H21ClO/c1-3-4-5-6-15-20(2,22)18-11-7-16(8-12-18)17-9-13-19(21)14-10-17/h7-14,22H,3-5H2,1-2H3. The Morgan fingerprint density at radius 1 is 1.00 bits per heavy atom. The normalized spacial score (nSPS) is 13.1. The predicted octanol–water partition coefficient (Wildman–Crippen LogP) is 5.41. The molecule has 0 heterocycles. The van der Waals surface area contributed by atoms with Gasteiger partial charge in [0.25, 0.3) is 0 Å². The molecule has 2 rings (SSSR count). The maximum atomic E-state index is 10.5. The van der Waals surface area contributed by atoms with Gasteiger partial charge in [0.15, 0.2) is 0 Å². The van der Waals surface area contributed by atoms with Crippen molar-refractivity contribution in [1.82, 2.24) is 0 Å². The van der Waals surface area contributed by atoms with Crippen molar-refractivity contribution in [2.45, 2.75) is 38.7 Å². The average molecular weight is 313 g/mol. The van der Waals surface area contributed by atoms with Gasteiger partial charge >= 0.3 is 0 Å². The topological polar surface area (TPSA) is 20.2 Å². The zero-order valence-corrected chi connectivity index (χ0v) is 13.8. The lowest BCUT2D eigenvalue weighted by Crippen LogP contribution is -2.18. The van der Waals surface area contributed by atoms with Crippen LogP contribution in [0.3, 0.4) is 0 Å². The molecule has 0 radical (unpaired) electrons. The molecule has 0 saturated carbocycles. The molecule has 0 saturated heterocycles. The minimum Gasteiger partial charge on any atom is -0.374 e. The highest BCUT2D eigenvalue weighted by molar-refractivity contribution is 6.30. The van der Waals surface area contributed by atoms with Gasteiger partial charge in [0, 0.05) is 11.4 Å². The van der Waals surface area contributed by atoms with Gasteiger partial charge in [0.2, 0.25) is 0 Å². The number of halogens is 1. The van der Waals surface area contributed by atoms with Crippen LogP contribution in [0.2, 0.25) is 5.02 Å². The fourth-order valence-electron chi connectivity index (χ4n) is 2.20. The SMILES string of the molecule is CCCCC#CC(C)(O)c1ccc(-c2ccc(Cl)cc2)cc1. The summed E-state index contributed by atoms with van der Waals surface area (Å²) in [6.07, 6.45) is 3.01. The van der Waals surface area contributed by atoms with Gasteiger partial charge in [-0.25, -0.2) is 0 Å². The zero-order valence-electron chi connectivity index (χ0n) is 13.1. The van der Waals surface area contributed by atoms with E-state index in [1.165, 1.54) is 0 Å². The third-order valence-corrected chi connectivity index (χ3v) is 3.86. The second kappa shape index (κ2) is 7.49. The van der Waals surface area contributed by atoms with Crippen LogP contribution in [0.5, 0.6) is 0 Å². The first-order chi connectivity index (χ1) is 10.5. The molecule has 0 aliphatic heterocycles. The summed E-state index contributed by atoms with van der Waals surface area (Å²) in [6.45, 7) is 3.87. The largest absolute Gasteiger partial charge is 0.374 e. The van der Waals surface area contributed by atoms with E-state index in [2.05, 4.69) is 18.8 Å². The van der Waals surface area contributed by atoms with Crippen molar-refractivity contribution in [3.8, 4) is 23.0 Å². The summed E-state index contributed by atoms with van der Waals surface area (Å²) in [7, 11) is 0. The highest BCUT2D eigenvalue weighted by Crippen LogP contribution is 2.25. The molecular formula is C20H21ClO. The number of hydrogen-bond donors (Lipinski definition) is 1. The molecule has 2 heteroatoms. The Kier molecular flexibility index (Phi) is 5.66. The maximum absolute atomic E-state index is 10.5. The quantitative estimate of drug-likeness (QED) is 0.591. The predicted molar refractivity (Wildman–Crippen MR) is 93.8 cm³/mol. The number of hydrogen-bond acceptors (Lipinski definition) is 1. The monoisotopic (exact) mass is 312 g/mol. The van der Waals surface area contributed by atoms with E-state index in [9.17, 15) is 5.11 Å². The van der Waals surface area contributed by atoms with Crippen LogP contribution in [0.25, 0.3) is 11.1 Å². The smallest absolute Gasteiger partial charge is 0.148 e. The summed E-state index contributed by atoms with van der Waals surface area (Å²) in [5.74, 6) is 6.03. The average Bonchev–Trinajstić information content (AvgIpc) is 2.52. The van der Waals surface area contributed by atoms with E-state index in [1.807, 2.05) is 48.5 Å². The number of aliphatic hydroxyl groups is 1. The van der Waals surface area contributed by atoms with Gasteiger partial charge in [0.1, 0.15) is 5.60 Å². The fraction of sp³-hybridized carbons (Fsp3) is 0.300. The minimum atomic E-state index is -1.10. The van der Waals surface area contributed by atoms with E-state index in [-0.39, 0.29) is 0 Å². The van der Waals surface area contributed by atoms with Crippen LogP contribution in [0.1, 0.15) is 38.7 Å². The van der Waals surface area contributed by atoms with Crippen molar-refractivity contribution in [2.75, 3.05) is 0 Å². The summed E-state index contributed by atoms with van der Waals surface area (Å²) in [5, 5.41) is 11.2. The van der Waals surface area contributed by atoms with Crippen LogP contribution in [0, 0.1) is 11.8 Å². The van der Waals surface area contributed by atoms with Gasteiger partial charge in [-0.2, -0.15) is 0 Å². The number of unbranched alkanes of at least 4 members (excludes halogenated alkanes) is 2. The van der Waals surface area contributed by atoms with E-state index in [1.54, 1.807) is 6.92 Å². The van der Waals surface area contributed by atoms with Gasteiger partial charge in [0.05, 0.1) is 0 Å². The van der Waals surface area contributed by atoms with Crippen LogP contribution in [0.15, 0.2) is 48.5 Å². The molecule has 1 N–H and O–H groups in total. The summed E-state index contributed by atoms with van der Waals surface area (Å²) < 4.78 is 0. The highest BCUT2D eigenvalue weighted by Gasteiger charge is 2.19. The summed E-state index contributed by atoms with van der Waals surface area (Å²) >= 11 is 5.91. The highest BCUT2D eigenvalue weighted by atomic mass is 35.5. The first-order valence-electron chi connectivity index (χ1n) is 7.62. The molecule has 0 aliphatic carbocycles. The Morgan fingerprint density at radius 3 is 2.09 bits per heavy atom. The molecule has 0 amide bonds. The van der Waals surface area contributed by atoms with Crippen LogP contribution < -0.4 is 0 Å². The van der Waals surface area contributed by atoms with Gasteiger partial charge in [-0.05, 0) is 42.2 Å². The lowest BCUT2D eigenvalue weighted by molar-refractivity contribution is 0.122. The first-order valence-corrected chi connectivity index (χ1v) is 7.99. The second-order valence-electron chi connectivity index (χ2n) is 5.56. The maximum Gasteiger partial charge on any atom is 0.148 e. The fourth-order valence-corrected chi connectivity index (χ4v) is 2.33. The molecule has 0 fully saturated rings. The summed E-state index contributed by atoms with van der Waals surface area (Å²) in [6, 6.07) is 15.6. The summed E-state index contributed by atoms with van der Waals surface area (Å²) in [5.41, 5.74) is 1.90. The van der Waals surface area contributed by atoms with E-state index in [0.29, 0.717) is 0 Å². The molecule has 1 atom stereocenters. The van der Waals surface area contributed by atoms with Crippen LogP contribution in [-0.2, 0) is 5.60 Å². The van der Waals surface area contributed by atoms with Crippen molar-refractivity contribution in [3.63, 3.8) is 0 Å². The third kappa shape index (κ3) is 4.37. The molecule has 114 valence electrons. The molecule has 2 aromatic carbocycles. The van der Waals surface area contributed by atoms with Crippen molar-refractivity contribution < 1.29 is 5.11 Å². The molecule has 0 aromatic heterocycles. The Labute approximate surface area is 138 Å². The first kappa shape index (κ1) is 16.6. The molecule has 2 aromatic rings. The van der Waals surface area contributed by atoms with Gasteiger partial charge in [-0.3, -0.25) is 0 Å². The van der Waals surface area contributed by atoms with Crippen LogP contribution >= 0.6 is 11.6 Å². The Balaban J connectivity index is 2.16. The Morgan fingerprint density at radius 2 is 1.55 bits per heavy atom. The van der Waals surface area contributed by atoms with Crippen molar-refractivity contribution in [3.05, 3.63) is 59.1 Å². The Hall–Kier alpha value is -1.75. The summed E-state index contributed by atoms with van der Waals surface area (Å²) in [4.78, 5) is 0. The van der Waals surface area contributed by atoms with Crippen molar-refractivity contribution in [1.29, 1.82) is 0 Å². The van der Waals surface area contributed by atoms with Crippen molar-refractivity contribution >= 4 is 11.6 Å². The minimum absolute atomic E-state index is 0.727.